The van der Waals surface area contributed by atoms with Crippen molar-refractivity contribution in [3.8, 4) is 28.5 Å². The summed E-state index contributed by atoms with van der Waals surface area (Å²) >= 11 is 0. The number of tetrazole rings is 1. The highest BCUT2D eigenvalue weighted by atomic mass is 16.5. The Morgan fingerprint density at radius 3 is 2.45 bits per heavy atom. The molecule has 0 aliphatic heterocycles. The van der Waals surface area contributed by atoms with E-state index in [1.807, 2.05) is 48.7 Å². The largest absolute Gasteiger partial charge is 0.468 e. The van der Waals surface area contributed by atoms with Gasteiger partial charge in [-0.15, -0.1) is 0 Å². The minimum Gasteiger partial charge on any atom is -0.468 e. The van der Waals surface area contributed by atoms with Crippen LogP contribution in [0, 0.1) is 13.8 Å². The number of imidazole rings is 1. The normalized spacial score (nSPS) is 11.2. The van der Waals surface area contributed by atoms with Crippen molar-refractivity contribution in [1.82, 2.24) is 35.2 Å². The standard InChI is InChI=1S/C23H20N7O/c1-14-12-15(2)24-22-20(14)25-23(31-3)30(22)13-16-8-10-17(11-9-16)18-6-4-5-7-19(18)21-26-28-29-27-21/h4-12H,13H2,1-3H3/q-1. The first-order valence-electron chi connectivity index (χ1n) is 9.90. The van der Waals surface area contributed by atoms with E-state index in [4.69, 9.17) is 9.72 Å². The lowest BCUT2D eigenvalue weighted by Gasteiger charge is -2.11. The number of aromatic nitrogens is 7. The van der Waals surface area contributed by atoms with Crippen LogP contribution in [0.15, 0.2) is 54.6 Å². The molecule has 5 rings (SSSR count). The van der Waals surface area contributed by atoms with E-state index in [2.05, 4.69) is 49.9 Å². The Hall–Kier alpha value is -4.07. The summed E-state index contributed by atoms with van der Waals surface area (Å²) in [6.07, 6.45) is 0. The fraction of sp³-hybridized carbons (Fsp3) is 0.174. The van der Waals surface area contributed by atoms with Gasteiger partial charge < -0.3 is 9.84 Å². The molecular formula is C23H20N7O-. The van der Waals surface area contributed by atoms with Crippen molar-refractivity contribution in [3.05, 3.63) is 71.4 Å². The van der Waals surface area contributed by atoms with Crippen LogP contribution >= 0.6 is 0 Å². The van der Waals surface area contributed by atoms with Gasteiger partial charge in [-0.05, 0) is 47.7 Å². The molecular weight excluding hydrogens is 390 g/mol. The predicted octanol–water partition coefficient (Wildman–Crippen LogP) is 3.58. The van der Waals surface area contributed by atoms with Crippen LogP contribution in [-0.2, 0) is 6.54 Å². The van der Waals surface area contributed by atoms with E-state index in [0.717, 1.165) is 44.7 Å². The first kappa shape index (κ1) is 18.9. The van der Waals surface area contributed by atoms with Crippen LogP contribution in [0.5, 0.6) is 6.01 Å². The number of pyridine rings is 1. The predicted molar refractivity (Wildman–Crippen MR) is 117 cm³/mol. The fourth-order valence-corrected chi connectivity index (χ4v) is 3.84. The van der Waals surface area contributed by atoms with Gasteiger partial charge in [0.05, 0.1) is 13.7 Å². The molecule has 0 radical (unpaired) electrons. The third-order valence-electron chi connectivity index (χ3n) is 5.26. The molecule has 154 valence electrons. The van der Waals surface area contributed by atoms with Crippen LogP contribution in [0.25, 0.3) is 33.7 Å². The van der Waals surface area contributed by atoms with Crippen LogP contribution < -0.4 is 9.84 Å². The lowest BCUT2D eigenvalue weighted by atomic mass is 9.98. The van der Waals surface area contributed by atoms with Gasteiger partial charge in [0.2, 0.25) is 0 Å². The zero-order valence-electron chi connectivity index (χ0n) is 17.4. The second-order valence-corrected chi connectivity index (χ2v) is 7.38. The summed E-state index contributed by atoms with van der Waals surface area (Å²) in [5, 5.41) is 15.2. The second kappa shape index (κ2) is 7.64. The minimum atomic E-state index is 0.520. The monoisotopic (exact) mass is 410 g/mol. The smallest absolute Gasteiger partial charge is 0.298 e. The first-order valence-corrected chi connectivity index (χ1v) is 9.90. The van der Waals surface area contributed by atoms with Crippen molar-refractivity contribution >= 4 is 11.2 Å². The first-order chi connectivity index (χ1) is 15.1. The molecule has 0 aliphatic carbocycles. The molecule has 5 aromatic rings. The molecule has 0 N–H and O–H groups in total. The number of hydrogen-bond donors (Lipinski definition) is 0. The molecule has 3 heterocycles. The van der Waals surface area contributed by atoms with E-state index in [1.165, 1.54) is 0 Å². The number of nitrogens with zero attached hydrogens (tertiary/aromatic N) is 7. The average Bonchev–Trinajstić information content (AvgIpc) is 3.43. The maximum Gasteiger partial charge on any atom is 0.298 e. The summed E-state index contributed by atoms with van der Waals surface area (Å²) in [7, 11) is 1.63. The summed E-state index contributed by atoms with van der Waals surface area (Å²) in [6.45, 7) is 4.64. The average molecular weight is 410 g/mol. The fourth-order valence-electron chi connectivity index (χ4n) is 3.84. The third-order valence-corrected chi connectivity index (χ3v) is 5.26. The van der Waals surface area contributed by atoms with Gasteiger partial charge in [0.25, 0.3) is 6.01 Å². The van der Waals surface area contributed by atoms with E-state index in [9.17, 15) is 0 Å². The van der Waals surface area contributed by atoms with Gasteiger partial charge in [-0.1, -0.05) is 48.5 Å². The summed E-state index contributed by atoms with van der Waals surface area (Å²) in [5.74, 6) is 0.520. The minimum absolute atomic E-state index is 0.520. The Kier molecular flexibility index (Phi) is 4.66. The third kappa shape index (κ3) is 3.42. The maximum absolute atomic E-state index is 5.53. The lowest BCUT2D eigenvalue weighted by molar-refractivity contribution is 0.363. The maximum atomic E-state index is 5.53. The molecule has 0 spiro atoms. The Bertz CT molecular complexity index is 1360. The summed E-state index contributed by atoms with van der Waals surface area (Å²) < 4.78 is 7.54. The molecule has 0 atom stereocenters. The van der Waals surface area contributed by atoms with Gasteiger partial charge in [0.15, 0.2) is 5.65 Å². The molecule has 0 amide bonds. The molecule has 31 heavy (non-hydrogen) atoms. The van der Waals surface area contributed by atoms with Gasteiger partial charge in [-0.2, -0.15) is 10.2 Å². The molecule has 8 heteroatoms. The van der Waals surface area contributed by atoms with Crippen LogP contribution in [0.1, 0.15) is 16.8 Å². The number of rotatable bonds is 5. The van der Waals surface area contributed by atoms with Crippen LogP contribution in [-0.4, -0.2) is 37.2 Å². The lowest BCUT2D eigenvalue weighted by Crippen LogP contribution is -2.04. The van der Waals surface area contributed by atoms with Gasteiger partial charge in [-0.25, -0.2) is 4.98 Å². The van der Waals surface area contributed by atoms with E-state index < -0.39 is 0 Å². The SMILES string of the molecule is COc1nc2c(C)cc(C)nc2n1Cc1ccc(-c2ccccc2-c2nnn[n-]2)cc1. The number of aryl methyl sites for hydroxylation is 2. The summed E-state index contributed by atoms with van der Waals surface area (Å²) in [5.41, 5.74) is 7.86. The number of ether oxygens (including phenoxy) is 1. The van der Waals surface area contributed by atoms with Crippen molar-refractivity contribution in [1.29, 1.82) is 0 Å². The topological polar surface area (TPSA) is 92.7 Å². The van der Waals surface area contributed by atoms with Gasteiger partial charge in [0, 0.05) is 11.5 Å². The van der Waals surface area contributed by atoms with Crippen molar-refractivity contribution in [2.45, 2.75) is 20.4 Å². The number of fused-ring (bicyclic) bond motifs is 1. The van der Waals surface area contributed by atoms with Crippen molar-refractivity contribution in [3.63, 3.8) is 0 Å². The van der Waals surface area contributed by atoms with Gasteiger partial charge in [-0.3, -0.25) is 14.9 Å². The van der Waals surface area contributed by atoms with Crippen LogP contribution in [0.3, 0.4) is 0 Å². The number of hydrogen-bond acceptors (Lipinski definition) is 6. The molecule has 3 aromatic heterocycles. The Morgan fingerprint density at radius 1 is 0.968 bits per heavy atom. The Labute approximate surface area is 178 Å². The highest BCUT2D eigenvalue weighted by molar-refractivity contribution is 5.80. The van der Waals surface area contributed by atoms with E-state index in [1.54, 1.807) is 7.11 Å². The summed E-state index contributed by atoms with van der Waals surface area (Å²) in [4.78, 5) is 9.33. The second-order valence-electron chi connectivity index (χ2n) is 7.38. The highest BCUT2D eigenvalue weighted by Gasteiger charge is 2.15. The van der Waals surface area contributed by atoms with Crippen LogP contribution in [0.2, 0.25) is 0 Å². The van der Waals surface area contributed by atoms with Crippen molar-refractivity contribution in [2.75, 3.05) is 7.11 Å². The zero-order valence-corrected chi connectivity index (χ0v) is 17.4. The van der Waals surface area contributed by atoms with Gasteiger partial charge in [0.1, 0.15) is 5.52 Å². The summed E-state index contributed by atoms with van der Waals surface area (Å²) in [6, 6.07) is 18.9. The molecule has 2 aromatic carbocycles. The van der Waals surface area contributed by atoms with Crippen molar-refractivity contribution in [2.24, 2.45) is 0 Å². The quantitative estimate of drug-likeness (QED) is 0.437. The number of methoxy groups -OCH3 is 1. The van der Waals surface area contributed by atoms with E-state index in [-0.39, 0.29) is 0 Å². The van der Waals surface area contributed by atoms with Gasteiger partial charge >= 0.3 is 0 Å². The molecule has 0 aliphatic rings. The molecule has 0 saturated carbocycles. The molecule has 0 saturated heterocycles. The highest BCUT2D eigenvalue weighted by Crippen LogP contribution is 2.30. The van der Waals surface area contributed by atoms with Crippen molar-refractivity contribution < 1.29 is 4.74 Å². The Morgan fingerprint density at radius 2 is 1.74 bits per heavy atom. The van der Waals surface area contributed by atoms with Crippen LogP contribution in [0.4, 0.5) is 0 Å². The van der Waals surface area contributed by atoms with E-state index in [0.29, 0.717) is 18.4 Å². The zero-order chi connectivity index (χ0) is 21.4. The molecule has 0 fully saturated rings. The Balaban J connectivity index is 1.51. The molecule has 8 nitrogen and oxygen atoms in total. The number of benzene rings is 2. The molecule has 0 bridgehead atoms. The van der Waals surface area contributed by atoms with E-state index >= 15 is 0 Å². The molecule has 0 unspecified atom stereocenters.